The third kappa shape index (κ3) is 3.75. The highest BCUT2D eigenvalue weighted by molar-refractivity contribution is 6.34. The zero-order chi connectivity index (χ0) is 25.9. The minimum absolute atomic E-state index is 0.0459. The molecule has 0 spiro atoms. The Labute approximate surface area is 218 Å². The maximum atomic E-state index is 16.3. The van der Waals surface area contributed by atoms with Crippen LogP contribution in [0, 0.1) is 11.6 Å². The Hall–Kier alpha value is -3.00. The number of carbonyl (C=O) groups is 1. The summed E-state index contributed by atoms with van der Waals surface area (Å²) < 4.78 is 38.2. The number of ether oxygens (including phenoxy) is 1. The molecule has 2 aliphatic heterocycles. The van der Waals surface area contributed by atoms with Crippen molar-refractivity contribution in [1.29, 1.82) is 0 Å². The standard InChI is InChI=1S/C29H27ClF2N2O3/c1-33-28(36)19-11-15-10-17(35)12-18(15)27(32)25(19)24-20-14-29(23-8-5-9-34-23,16-6-3-2-4-7-16)37-22(20)13-21(31)26(24)30/h2-4,6-7,11,13,17,23,34-35H,5,8-10,12,14H2,1H3,(H,33,36)/t17?,23-,29-/m0/s1. The molecule has 1 unspecified atom stereocenters. The second-order valence-corrected chi connectivity index (χ2v) is 10.5. The lowest BCUT2D eigenvalue weighted by Gasteiger charge is -2.35. The fourth-order valence-electron chi connectivity index (χ4n) is 6.29. The molecule has 3 aromatic rings. The van der Waals surface area contributed by atoms with E-state index in [0.29, 0.717) is 23.1 Å². The van der Waals surface area contributed by atoms with E-state index in [1.165, 1.54) is 13.1 Å². The second kappa shape index (κ2) is 9.08. The molecule has 0 radical (unpaired) electrons. The summed E-state index contributed by atoms with van der Waals surface area (Å²) in [6.45, 7) is 0.837. The molecule has 3 aliphatic rings. The van der Waals surface area contributed by atoms with E-state index in [1.807, 2.05) is 30.3 Å². The van der Waals surface area contributed by atoms with Gasteiger partial charge in [0.2, 0.25) is 0 Å². The molecule has 3 atom stereocenters. The van der Waals surface area contributed by atoms with Crippen molar-refractivity contribution in [2.45, 2.75) is 49.9 Å². The number of carbonyl (C=O) groups excluding carboxylic acids is 1. The number of aliphatic hydroxyl groups is 1. The smallest absolute Gasteiger partial charge is 0.251 e. The Kier molecular flexibility index (Phi) is 5.97. The van der Waals surface area contributed by atoms with Crippen molar-refractivity contribution < 1.29 is 23.4 Å². The molecule has 0 bridgehead atoms. The highest BCUT2D eigenvalue weighted by Crippen LogP contribution is 2.52. The Bertz CT molecular complexity index is 1410. The maximum Gasteiger partial charge on any atom is 0.251 e. The number of rotatable bonds is 4. The SMILES string of the molecule is CNC(=O)c1cc2c(c(F)c1-c1c(Cl)c(F)cc3c1C[C@](c1ccccc1)([C@@H]1CCCN1)O3)CC(O)C2. The number of amides is 1. The van der Waals surface area contributed by atoms with E-state index in [1.54, 1.807) is 6.07 Å². The first-order valence-corrected chi connectivity index (χ1v) is 13.0. The molecule has 1 amide bonds. The average Bonchev–Trinajstić information content (AvgIpc) is 3.64. The molecular weight excluding hydrogens is 498 g/mol. The van der Waals surface area contributed by atoms with Gasteiger partial charge in [-0.05, 0) is 48.6 Å². The van der Waals surface area contributed by atoms with Crippen molar-refractivity contribution in [3.8, 4) is 16.9 Å². The summed E-state index contributed by atoms with van der Waals surface area (Å²) in [5, 5.41) is 16.1. The van der Waals surface area contributed by atoms with Gasteiger partial charge in [0, 0.05) is 42.6 Å². The molecule has 8 heteroatoms. The molecule has 2 heterocycles. The third-order valence-corrected chi connectivity index (χ3v) is 8.35. The predicted molar refractivity (Wildman–Crippen MR) is 137 cm³/mol. The van der Waals surface area contributed by atoms with E-state index >= 15 is 8.78 Å². The van der Waals surface area contributed by atoms with E-state index in [2.05, 4.69) is 10.6 Å². The second-order valence-electron chi connectivity index (χ2n) is 10.1. The largest absolute Gasteiger partial charge is 0.480 e. The molecule has 192 valence electrons. The van der Waals surface area contributed by atoms with Crippen LogP contribution in [0.25, 0.3) is 11.1 Å². The fourth-order valence-corrected chi connectivity index (χ4v) is 6.55. The summed E-state index contributed by atoms with van der Waals surface area (Å²) in [5.74, 6) is -1.63. The third-order valence-electron chi connectivity index (χ3n) is 7.98. The molecule has 0 aromatic heterocycles. The van der Waals surface area contributed by atoms with Gasteiger partial charge >= 0.3 is 0 Å². The summed E-state index contributed by atoms with van der Waals surface area (Å²) in [6.07, 6.45) is 1.79. The molecule has 3 N–H and O–H groups in total. The highest BCUT2D eigenvalue weighted by Gasteiger charge is 2.50. The number of fused-ring (bicyclic) bond motifs is 2. The molecule has 37 heavy (non-hydrogen) atoms. The first kappa shape index (κ1) is 24.3. The number of halogens is 3. The van der Waals surface area contributed by atoms with Gasteiger partial charge in [0.25, 0.3) is 5.91 Å². The topological polar surface area (TPSA) is 70.6 Å². The van der Waals surface area contributed by atoms with Crippen molar-refractivity contribution in [3.63, 3.8) is 0 Å². The minimum Gasteiger partial charge on any atom is -0.480 e. The molecule has 1 fully saturated rings. The van der Waals surface area contributed by atoms with E-state index in [0.717, 1.165) is 24.9 Å². The monoisotopic (exact) mass is 524 g/mol. The van der Waals surface area contributed by atoms with Gasteiger partial charge in [-0.1, -0.05) is 41.9 Å². The van der Waals surface area contributed by atoms with Crippen molar-refractivity contribution >= 4 is 17.5 Å². The molecule has 1 aliphatic carbocycles. The predicted octanol–water partition coefficient (Wildman–Crippen LogP) is 4.69. The van der Waals surface area contributed by atoms with Gasteiger partial charge in [0.1, 0.15) is 17.4 Å². The van der Waals surface area contributed by atoms with Crippen LogP contribution in [0.5, 0.6) is 5.75 Å². The average molecular weight is 525 g/mol. The van der Waals surface area contributed by atoms with Gasteiger partial charge in [-0.3, -0.25) is 4.79 Å². The molecular formula is C29H27ClF2N2O3. The van der Waals surface area contributed by atoms with E-state index in [-0.39, 0.29) is 46.3 Å². The lowest BCUT2D eigenvalue weighted by Crippen LogP contribution is -2.48. The normalized spacial score (nSPS) is 24.0. The first-order valence-electron chi connectivity index (χ1n) is 12.6. The van der Waals surface area contributed by atoms with Gasteiger partial charge in [0.05, 0.1) is 22.7 Å². The quantitative estimate of drug-likeness (QED) is 0.463. The molecule has 5 nitrogen and oxygen atoms in total. The number of hydrogen-bond acceptors (Lipinski definition) is 4. The van der Waals surface area contributed by atoms with E-state index < -0.39 is 29.2 Å². The van der Waals surface area contributed by atoms with E-state index in [9.17, 15) is 9.90 Å². The Balaban J connectivity index is 1.60. The fraction of sp³-hybridized carbons (Fsp3) is 0.345. The Morgan fingerprint density at radius 3 is 2.65 bits per heavy atom. The number of hydrogen-bond donors (Lipinski definition) is 3. The zero-order valence-corrected chi connectivity index (χ0v) is 21.1. The van der Waals surface area contributed by atoms with Crippen molar-refractivity contribution in [2.75, 3.05) is 13.6 Å². The van der Waals surface area contributed by atoms with Crippen LogP contribution in [0.2, 0.25) is 5.02 Å². The summed E-state index contributed by atoms with van der Waals surface area (Å²) in [6, 6.07) is 12.6. The van der Waals surface area contributed by atoms with Gasteiger partial charge < -0.3 is 20.5 Å². The first-order chi connectivity index (χ1) is 17.8. The summed E-state index contributed by atoms with van der Waals surface area (Å²) in [5.41, 5.74) is 1.68. The van der Waals surface area contributed by atoms with Crippen LogP contribution in [-0.4, -0.2) is 36.8 Å². The minimum atomic E-state index is -0.845. The summed E-state index contributed by atoms with van der Waals surface area (Å²) in [4.78, 5) is 13.0. The summed E-state index contributed by atoms with van der Waals surface area (Å²) in [7, 11) is 1.46. The van der Waals surface area contributed by atoms with Crippen LogP contribution in [0.15, 0.2) is 42.5 Å². The Morgan fingerprint density at radius 1 is 1.16 bits per heavy atom. The van der Waals surface area contributed by atoms with Crippen LogP contribution < -0.4 is 15.4 Å². The van der Waals surface area contributed by atoms with Gasteiger partial charge in [-0.25, -0.2) is 8.78 Å². The van der Waals surface area contributed by atoms with Gasteiger partial charge in [-0.2, -0.15) is 0 Å². The molecule has 3 aromatic carbocycles. The molecule has 1 saturated heterocycles. The summed E-state index contributed by atoms with van der Waals surface area (Å²) >= 11 is 6.59. The number of nitrogens with one attached hydrogen (secondary N) is 2. The molecule has 6 rings (SSSR count). The lowest BCUT2D eigenvalue weighted by atomic mass is 9.80. The molecule has 0 saturated carbocycles. The van der Waals surface area contributed by atoms with Crippen molar-refractivity contribution in [3.05, 3.63) is 86.9 Å². The van der Waals surface area contributed by atoms with Crippen LogP contribution in [0.4, 0.5) is 8.78 Å². The van der Waals surface area contributed by atoms with Crippen molar-refractivity contribution in [1.82, 2.24) is 10.6 Å². The van der Waals surface area contributed by atoms with Crippen LogP contribution >= 0.6 is 11.6 Å². The van der Waals surface area contributed by atoms with Gasteiger partial charge in [-0.15, -0.1) is 0 Å². The van der Waals surface area contributed by atoms with E-state index in [4.69, 9.17) is 16.3 Å². The highest BCUT2D eigenvalue weighted by atomic mass is 35.5. The van der Waals surface area contributed by atoms with Crippen LogP contribution in [0.1, 0.15) is 45.5 Å². The lowest BCUT2D eigenvalue weighted by molar-refractivity contribution is 0.0539. The van der Waals surface area contributed by atoms with Gasteiger partial charge in [0.15, 0.2) is 5.60 Å². The van der Waals surface area contributed by atoms with Crippen LogP contribution in [-0.2, 0) is 24.9 Å². The number of benzene rings is 3. The van der Waals surface area contributed by atoms with Crippen molar-refractivity contribution in [2.24, 2.45) is 0 Å². The maximum absolute atomic E-state index is 16.3. The zero-order valence-electron chi connectivity index (χ0n) is 20.3. The van der Waals surface area contributed by atoms with Crippen LogP contribution in [0.3, 0.4) is 0 Å². The number of aliphatic hydroxyl groups excluding tert-OH is 1. The Morgan fingerprint density at radius 2 is 1.95 bits per heavy atom.